The third-order valence-electron chi connectivity index (χ3n) is 2.49. The van der Waals surface area contributed by atoms with E-state index in [1.165, 1.54) is 13.8 Å². The van der Waals surface area contributed by atoms with Gasteiger partial charge in [0.05, 0.1) is 5.25 Å². The van der Waals surface area contributed by atoms with Gasteiger partial charge in [-0.1, -0.05) is 13.8 Å². The molecule has 0 aliphatic carbocycles. The topological polar surface area (TPSA) is 89.3 Å². The summed E-state index contributed by atoms with van der Waals surface area (Å²) in [5.41, 5.74) is 5.56. The number of hydrogen-bond donors (Lipinski definition) is 2. The number of nitrogens with one attached hydrogen (secondary N) is 1. The minimum Gasteiger partial charge on any atom is -0.330 e. The van der Waals surface area contributed by atoms with Crippen molar-refractivity contribution in [2.24, 2.45) is 17.6 Å². The van der Waals surface area contributed by atoms with Gasteiger partial charge in [0, 0.05) is 6.42 Å². The average Bonchev–Trinajstić information content (AvgIpc) is 2.14. The molecule has 1 unspecified atom stereocenters. The molecule has 0 spiro atoms. The second kappa shape index (κ2) is 6.96. The Hall–Kier alpha value is -0.620. The highest BCUT2D eigenvalue weighted by Gasteiger charge is 2.21. The zero-order valence-corrected chi connectivity index (χ0v) is 11.9. The maximum atomic E-state index is 11.6. The highest BCUT2D eigenvalue weighted by molar-refractivity contribution is 7.90. The van der Waals surface area contributed by atoms with Crippen LogP contribution in [0.4, 0.5) is 0 Å². The molecule has 0 saturated carbocycles. The van der Waals surface area contributed by atoms with Crippen LogP contribution in [0.2, 0.25) is 0 Å². The molecule has 0 aromatic carbocycles. The van der Waals surface area contributed by atoms with Gasteiger partial charge in [-0.05, 0) is 38.6 Å². The monoisotopic (exact) mass is 264 g/mol. The van der Waals surface area contributed by atoms with E-state index in [0.717, 1.165) is 6.42 Å². The summed E-state index contributed by atoms with van der Waals surface area (Å²) < 4.78 is 25.0. The summed E-state index contributed by atoms with van der Waals surface area (Å²) in [6.45, 7) is 7.55. The first-order valence-corrected chi connectivity index (χ1v) is 7.48. The van der Waals surface area contributed by atoms with Crippen LogP contribution in [-0.2, 0) is 14.8 Å². The Labute approximate surface area is 104 Å². The van der Waals surface area contributed by atoms with Gasteiger partial charge in [0.25, 0.3) is 0 Å². The lowest BCUT2D eigenvalue weighted by atomic mass is 9.94. The van der Waals surface area contributed by atoms with Crippen molar-refractivity contribution in [2.75, 3.05) is 6.54 Å². The molecule has 0 saturated heterocycles. The molecule has 102 valence electrons. The van der Waals surface area contributed by atoms with Crippen LogP contribution in [0.1, 0.15) is 40.5 Å². The summed E-state index contributed by atoms with van der Waals surface area (Å²) in [5.74, 6) is 0.0187. The van der Waals surface area contributed by atoms with Gasteiger partial charge in [0.2, 0.25) is 15.9 Å². The molecule has 0 fully saturated rings. The van der Waals surface area contributed by atoms with Crippen molar-refractivity contribution in [3.63, 3.8) is 0 Å². The summed E-state index contributed by atoms with van der Waals surface area (Å²) in [5, 5.41) is -0.604. The van der Waals surface area contributed by atoms with Gasteiger partial charge in [-0.25, -0.2) is 8.42 Å². The molecule has 1 atom stereocenters. The lowest BCUT2D eigenvalue weighted by molar-refractivity contribution is -0.120. The van der Waals surface area contributed by atoms with Crippen molar-refractivity contribution in [2.45, 2.75) is 45.8 Å². The highest BCUT2D eigenvalue weighted by atomic mass is 32.2. The Morgan fingerprint density at radius 2 is 1.76 bits per heavy atom. The van der Waals surface area contributed by atoms with Crippen LogP contribution in [0.5, 0.6) is 0 Å². The van der Waals surface area contributed by atoms with Crippen LogP contribution in [0.15, 0.2) is 0 Å². The molecule has 0 heterocycles. The van der Waals surface area contributed by atoms with E-state index in [1.807, 2.05) is 13.8 Å². The van der Waals surface area contributed by atoms with E-state index in [9.17, 15) is 13.2 Å². The Kier molecular flexibility index (Phi) is 6.70. The second-order valence-electron chi connectivity index (χ2n) is 5.05. The van der Waals surface area contributed by atoms with Crippen molar-refractivity contribution in [3.8, 4) is 0 Å². The fourth-order valence-electron chi connectivity index (χ4n) is 1.51. The molecule has 5 nitrogen and oxygen atoms in total. The van der Waals surface area contributed by atoms with Gasteiger partial charge in [-0.2, -0.15) is 0 Å². The van der Waals surface area contributed by atoms with E-state index >= 15 is 0 Å². The van der Waals surface area contributed by atoms with E-state index in [1.54, 1.807) is 0 Å². The van der Waals surface area contributed by atoms with E-state index in [-0.39, 0.29) is 12.3 Å². The van der Waals surface area contributed by atoms with Gasteiger partial charge in [0.1, 0.15) is 0 Å². The van der Waals surface area contributed by atoms with Crippen LogP contribution in [0.3, 0.4) is 0 Å². The summed E-state index contributed by atoms with van der Waals surface area (Å²) >= 11 is 0. The van der Waals surface area contributed by atoms with Crippen molar-refractivity contribution in [3.05, 3.63) is 0 Å². The van der Waals surface area contributed by atoms with Gasteiger partial charge in [0.15, 0.2) is 0 Å². The smallest absolute Gasteiger partial charge is 0.237 e. The number of rotatable bonds is 7. The third-order valence-corrected chi connectivity index (χ3v) is 4.24. The normalized spacial score (nSPS) is 14.1. The summed E-state index contributed by atoms with van der Waals surface area (Å²) in [6.07, 6.45) is 0.992. The first-order chi connectivity index (χ1) is 7.69. The maximum absolute atomic E-state index is 11.6. The number of carbonyl (C=O) groups excluding carboxylic acids is 1. The molecule has 0 aromatic heterocycles. The minimum absolute atomic E-state index is 0.0392. The van der Waals surface area contributed by atoms with Crippen LogP contribution in [-0.4, -0.2) is 26.1 Å². The molecule has 0 aliphatic rings. The van der Waals surface area contributed by atoms with Crippen LogP contribution in [0, 0.1) is 11.8 Å². The van der Waals surface area contributed by atoms with Crippen molar-refractivity contribution >= 4 is 15.9 Å². The van der Waals surface area contributed by atoms with Gasteiger partial charge in [-0.3, -0.25) is 9.52 Å². The Bertz CT molecular complexity index is 337. The minimum atomic E-state index is -3.52. The summed E-state index contributed by atoms with van der Waals surface area (Å²) in [7, 11) is -3.52. The Morgan fingerprint density at radius 3 is 2.12 bits per heavy atom. The Balaban J connectivity index is 4.35. The number of amides is 1. The SMILES string of the molecule is CC(C)CC(CN)CC(=O)NS(=O)(=O)C(C)C. The van der Waals surface area contributed by atoms with Crippen molar-refractivity contribution in [1.29, 1.82) is 0 Å². The molecule has 1 amide bonds. The molecule has 0 radical (unpaired) electrons. The van der Waals surface area contributed by atoms with Crippen molar-refractivity contribution in [1.82, 2.24) is 4.72 Å². The molecule has 0 aliphatic heterocycles. The largest absolute Gasteiger partial charge is 0.330 e. The van der Waals surface area contributed by atoms with Crippen molar-refractivity contribution < 1.29 is 13.2 Å². The summed E-state index contributed by atoms with van der Waals surface area (Å²) in [6, 6.07) is 0. The fourth-order valence-corrected chi connectivity index (χ4v) is 2.15. The molecule has 17 heavy (non-hydrogen) atoms. The highest BCUT2D eigenvalue weighted by Crippen LogP contribution is 2.14. The Morgan fingerprint density at radius 1 is 1.24 bits per heavy atom. The fraction of sp³-hybridized carbons (Fsp3) is 0.909. The zero-order chi connectivity index (χ0) is 13.6. The standard InChI is InChI=1S/C11H24N2O3S/c1-8(2)5-10(7-12)6-11(14)13-17(15,16)9(3)4/h8-10H,5-7,12H2,1-4H3,(H,13,14). The van der Waals surface area contributed by atoms with E-state index < -0.39 is 21.2 Å². The third kappa shape index (κ3) is 6.63. The zero-order valence-electron chi connectivity index (χ0n) is 11.1. The van der Waals surface area contributed by atoms with Crippen LogP contribution < -0.4 is 10.5 Å². The number of sulfonamides is 1. The van der Waals surface area contributed by atoms with E-state index in [0.29, 0.717) is 12.5 Å². The summed E-state index contributed by atoms with van der Waals surface area (Å²) in [4.78, 5) is 11.6. The first kappa shape index (κ1) is 16.4. The number of nitrogens with two attached hydrogens (primary N) is 1. The number of hydrogen-bond acceptors (Lipinski definition) is 4. The quantitative estimate of drug-likeness (QED) is 0.713. The van der Waals surface area contributed by atoms with E-state index in [2.05, 4.69) is 4.72 Å². The van der Waals surface area contributed by atoms with Gasteiger partial charge < -0.3 is 5.73 Å². The van der Waals surface area contributed by atoms with Crippen LogP contribution >= 0.6 is 0 Å². The lowest BCUT2D eigenvalue weighted by Gasteiger charge is -2.17. The molecule has 3 N–H and O–H groups in total. The molecule has 0 bridgehead atoms. The first-order valence-electron chi connectivity index (χ1n) is 5.93. The molecular weight excluding hydrogens is 240 g/mol. The molecule has 0 rings (SSSR count). The second-order valence-corrected chi connectivity index (χ2v) is 7.29. The average molecular weight is 264 g/mol. The van der Waals surface area contributed by atoms with Crippen LogP contribution in [0.25, 0.3) is 0 Å². The van der Waals surface area contributed by atoms with E-state index in [4.69, 9.17) is 5.73 Å². The molecule has 0 aromatic rings. The predicted molar refractivity (Wildman–Crippen MR) is 68.8 cm³/mol. The van der Waals surface area contributed by atoms with Gasteiger partial charge >= 0.3 is 0 Å². The lowest BCUT2D eigenvalue weighted by Crippen LogP contribution is -2.37. The number of carbonyl (C=O) groups is 1. The molecular formula is C11H24N2O3S. The molecule has 6 heteroatoms. The van der Waals surface area contributed by atoms with Gasteiger partial charge in [-0.15, -0.1) is 0 Å². The predicted octanol–water partition coefficient (Wildman–Crippen LogP) is 0.852. The maximum Gasteiger partial charge on any atom is 0.237 e.